The highest BCUT2D eigenvalue weighted by Gasteiger charge is 2.37. The maximum Gasteiger partial charge on any atom is 0.336 e. The first kappa shape index (κ1) is 20.5. The summed E-state index contributed by atoms with van der Waals surface area (Å²) >= 11 is 0. The molecule has 2 aromatic rings. The number of esters is 1. The lowest BCUT2D eigenvalue weighted by molar-refractivity contribution is -0.139. The van der Waals surface area contributed by atoms with E-state index in [2.05, 4.69) is 6.58 Å². The molecule has 2 aromatic carbocycles. The zero-order valence-electron chi connectivity index (χ0n) is 16.7. The number of carbonyl (C=O) groups excluding carboxylic acids is 2. The number of ether oxygens (including phenoxy) is 1. The van der Waals surface area contributed by atoms with Gasteiger partial charge in [0, 0.05) is 23.6 Å². The van der Waals surface area contributed by atoms with Crippen LogP contribution >= 0.6 is 0 Å². The van der Waals surface area contributed by atoms with Crippen LogP contribution in [0.4, 0.5) is 4.39 Å². The first-order valence-corrected chi connectivity index (χ1v) is 9.51. The zero-order chi connectivity index (χ0) is 21.0. The van der Waals surface area contributed by atoms with E-state index in [1.165, 1.54) is 17.0 Å². The molecule has 0 bridgehead atoms. The minimum absolute atomic E-state index is 0.0656. The van der Waals surface area contributed by atoms with Gasteiger partial charge in [-0.05, 0) is 25.5 Å². The summed E-state index contributed by atoms with van der Waals surface area (Å²) in [4.78, 5) is 27.3. The molecule has 0 spiro atoms. The minimum atomic E-state index is -0.486. The molecular weight excluding hydrogens is 369 g/mol. The maximum atomic E-state index is 14.2. The molecule has 1 aliphatic heterocycles. The number of nitrogens with zero attached hydrogens (tertiary/aromatic N) is 1. The fraction of sp³-hybridized carbons (Fsp3) is 0.250. The van der Waals surface area contributed by atoms with Crippen molar-refractivity contribution >= 4 is 11.9 Å². The van der Waals surface area contributed by atoms with E-state index in [9.17, 15) is 14.0 Å². The molecule has 0 saturated heterocycles. The molecule has 150 valence electrons. The molecule has 0 unspecified atom stereocenters. The fourth-order valence-corrected chi connectivity index (χ4v) is 3.65. The lowest BCUT2D eigenvalue weighted by Crippen LogP contribution is -2.38. The van der Waals surface area contributed by atoms with Crippen LogP contribution in [0.5, 0.6) is 0 Å². The van der Waals surface area contributed by atoms with Gasteiger partial charge in [0.2, 0.25) is 5.91 Å². The van der Waals surface area contributed by atoms with E-state index in [0.717, 1.165) is 11.1 Å². The van der Waals surface area contributed by atoms with Crippen LogP contribution in [0.1, 0.15) is 36.0 Å². The smallest absolute Gasteiger partial charge is 0.336 e. The normalized spacial score (nSPS) is 16.7. The quantitative estimate of drug-likeness (QED) is 0.530. The first-order chi connectivity index (χ1) is 13.9. The molecule has 1 atom stereocenters. The van der Waals surface area contributed by atoms with Crippen molar-refractivity contribution in [1.29, 1.82) is 0 Å². The number of benzene rings is 2. The molecular formula is C24H24FNO3. The summed E-state index contributed by atoms with van der Waals surface area (Å²) in [7, 11) is 0. The van der Waals surface area contributed by atoms with Gasteiger partial charge in [-0.1, -0.05) is 60.7 Å². The van der Waals surface area contributed by atoms with Crippen LogP contribution in [-0.4, -0.2) is 23.4 Å². The highest BCUT2D eigenvalue weighted by atomic mass is 19.1. The minimum Gasteiger partial charge on any atom is -0.458 e. The Morgan fingerprint density at radius 2 is 2.00 bits per heavy atom. The topological polar surface area (TPSA) is 46.6 Å². The second-order valence-corrected chi connectivity index (χ2v) is 7.13. The molecule has 29 heavy (non-hydrogen) atoms. The number of halogens is 1. The largest absolute Gasteiger partial charge is 0.458 e. The SMILES string of the molecule is C=CCOC(=O)C1=C(C)N(Cc2ccccc2F)C(=O)C[C@H]1c1cccc(C)c1. The molecule has 5 heteroatoms. The molecule has 0 aromatic heterocycles. The second kappa shape index (κ2) is 8.86. The van der Waals surface area contributed by atoms with Crippen LogP contribution in [0.15, 0.2) is 72.5 Å². The van der Waals surface area contributed by atoms with Gasteiger partial charge in [0.15, 0.2) is 0 Å². The summed E-state index contributed by atoms with van der Waals surface area (Å²) in [6, 6.07) is 14.1. The van der Waals surface area contributed by atoms with Crippen LogP contribution in [0.25, 0.3) is 0 Å². The molecule has 0 aliphatic carbocycles. The van der Waals surface area contributed by atoms with Gasteiger partial charge in [0.25, 0.3) is 0 Å². The number of amides is 1. The van der Waals surface area contributed by atoms with Crippen molar-refractivity contribution in [2.75, 3.05) is 6.61 Å². The third-order valence-corrected chi connectivity index (χ3v) is 5.11. The highest BCUT2D eigenvalue weighted by Crippen LogP contribution is 2.38. The van der Waals surface area contributed by atoms with Crippen molar-refractivity contribution in [2.45, 2.75) is 32.7 Å². The summed E-state index contributed by atoms with van der Waals surface area (Å²) in [5.74, 6) is -1.43. The predicted molar refractivity (Wildman–Crippen MR) is 109 cm³/mol. The van der Waals surface area contributed by atoms with Crippen LogP contribution in [0.2, 0.25) is 0 Å². The number of allylic oxidation sites excluding steroid dienone is 1. The van der Waals surface area contributed by atoms with E-state index in [1.54, 1.807) is 25.1 Å². The van der Waals surface area contributed by atoms with E-state index in [-0.39, 0.29) is 31.3 Å². The maximum absolute atomic E-state index is 14.2. The van der Waals surface area contributed by atoms with Crippen molar-refractivity contribution in [3.8, 4) is 0 Å². The summed E-state index contributed by atoms with van der Waals surface area (Å²) in [6.45, 7) is 7.40. The summed E-state index contributed by atoms with van der Waals surface area (Å²) in [5, 5.41) is 0. The van der Waals surface area contributed by atoms with E-state index >= 15 is 0 Å². The number of hydrogen-bond acceptors (Lipinski definition) is 3. The Morgan fingerprint density at radius 3 is 2.69 bits per heavy atom. The van der Waals surface area contributed by atoms with E-state index < -0.39 is 11.9 Å². The summed E-state index contributed by atoms with van der Waals surface area (Å²) in [5.41, 5.74) is 3.24. The van der Waals surface area contributed by atoms with E-state index in [4.69, 9.17) is 4.74 Å². The molecule has 1 heterocycles. The van der Waals surface area contributed by atoms with Crippen LogP contribution in [0.3, 0.4) is 0 Å². The summed E-state index contributed by atoms with van der Waals surface area (Å²) < 4.78 is 19.5. The third kappa shape index (κ3) is 4.45. The van der Waals surface area contributed by atoms with Crippen LogP contribution in [0, 0.1) is 12.7 Å². The average Bonchev–Trinajstić information content (AvgIpc) is 2.70. The van der Waals surface area contributed by atoms with Gasteiger partial charge < -0.3 is 9.64 Å². The van der Waals surface area contributed by atoms with Crippen molar-refractivity contribution in [3.05, 3.63) is 95.0 Å². The first-order valence-electron chi connectivity index (χ1n) is 9.51. The Balaban J connectivity index is 2.04. The molecule has 4 nitrogen and oxygen atoms in total. The van der Waals surface area contributed by atoms with Gasteiger partial charge in [-0.3, -0.25) is 4.79 Å². The van der Waals surface area contributed by atoms with Crippen molar-refractivity contribution in [1.82, 2.24) is 4.90 Å². The lowest BCUT2D eigenvalue weighted by Gasteiger charge is -2.34. The van der Waals surface area contributed by atoms with Gasteiger partial charge in [-0.15, -0.1) is 0 Å². The van der Waals surface area contributed by atoms with E-state index in [1.807, 2.05) is 31.2 Å². The van der Waals surface area contributed by atoms with Gasteiger partial charge in [0.1, 0.15) is 12.4 Å². The van der Waals surface area contributed by atoms with Crippen molar-refractivity contribution in [3.63, 3.8) is 0 Å². The highest BCUT2D eigenvalue weighted by molar-refractivity contribution is 5.95. The third-order valence-electron chi connectivity index (χ3n) is 5.11. The van der Waals surface area contributed by atoms with Crippen LogP contribution < -0.4 is 0 Å². The van der Waals surface area contributed by atoms with Crippen LogP contribution in [-0.2, 0) is 20.9 Å². The Hall–Kier alpha value is -3.21. The van der Waals surface area contributed by atoms with E-state index in [0.29, 0.717) is 16.8 Å². The molecule has 1 aliphatic rings. The predicted octanol–water partition coefficient (Wildman–Crippen LogP) is 4.65. The van der Waals surface area contributed by atoms with Gasteiger partial charge in [-0.2, -0.15) is 0 Å². The van der Waals surface area contributed by atoms with Gasteiger partial charge >= 0.3 is 5.97 Å². The fourth-order valence-electron chi connectivity index (χ4n) is 3.65. The Bertz CT molecular complexity index is 980. The molecule has 3 rings (SSSR count). The molecule has 0 saturated carbocycles. The van der Waals surface area contributed by atoms with Gasteiger partial charge in [0.05, 0.1) is 12.1 Å². The molecule has 0 N–H and O–H groups in total. The Morgan fingerprint density at radius 1 is 1.24 bits per heavy atom. The number of rotatable bonds is 6. The standard InChI is InChI=1S/C24H24FNO3/c1-4-12-29-24(28)23-17(3)26(15-19-9-5-6-11-21(19)25)22(27)14-20(23)18-10-7-8-16(2)13-18/h4-11,13,20H,1,12,14-15H2,2-3H3/t20-/m0/s1. The number of hydrogen-bond donors (Lipinski definition) is 0. The monoisotopic (exact) mass is 393 g/mol. The Kier molecular flexibility index (Phi) is 6.27. The molecule has 1 amide bonds. The van der Waals surface area contributed by atoms with Crippen molar-refractivity contribution in [2.24, 2.45) is 0 Å². The number of carbonyl (C=O) groups is 2. The zero-order valence-corrected chi connectivity index (χ0v) is 16.7. The average molecular weight is 393 g/mol. The van der Waals surface area contributed by atoms with Gasteiger partial charge in [-0.25, -0.2) is 9.18 Å². The van der Waals surface area contributed by atoms with Crippen molar-refractivity contribution < 1.29 is 18.7 Å². The number of aryl methyl sites for hydroxylation is 1. The molecule has 0 radical (unpaired) electrons. The second-order valence-electron chi connectivity index (χ2n) is 7.13. The lowest BCUT2D eigenvalue weighted by atomic mass is 9.83. The summed E-state index contributed by atoms with van der Waals surface area (Å²) in [6.07, 6.45) is 1.62. The Labute approximate surface area is 170 Å². The molecule has 0 fully saturated rings.